The van der Waals surface area contributed by atoms with E-state index in [1.54, 1.807) is 13.3 Å². The Morgan fingerprint density at radius 2 is 1.76 bits per heavy atom. The van der Waals surface area contributed by atoms with Crippen LogP contribution in [0.15, 0.2) is 67.1 Å². The van der Waals surface area contributed by atoms with E-state index < -0.39 is 9.85 Å². The molecular weight excluding hydrogens is 482 g/mol. The zero-order chi connectivity index (χ0) is 26.4. The maximum absolute atomic E-state index is 12.2. The predicted molar refractivity (Wildman–Crippen MR) is 132 cm³/mol. The number of ether oxygens (including phenoxy) is 1. The molecule has 0 spiro atoms. The van der Waals surface area contributed by atoms with Gasteiger partial charge in [0, 0.05) is 43.4 Å². The zero-order valence-electron chi connectivity index (χ0n) is 19.8. The van der Waals surface area contributed by atoms with E-state index in [4.69, 9.17) is 4.74 Å². The van der Waals surface area contributed by atoms with Crippen molar-refractivity contribution in [1.29, 1.82) is 0 Å². The number of amides is 1. The fourth-order valence-corrected chi connectivity index (χ4v) is 3.61. The van der Waals surface area contributed by atoms with Gasteiger partial charge >= 0.3 is 5.69 Å². The molecule has 13 nitrogen and oxygen atoms in total. The number of nitro benzene ring substituents is 1. The number of nitro groups is 2. The van der Waals surface area contributed by atoms with E-state index in [9.17, 15) is 25.0 Å². The summed E-state index contributed by atoms with van der Waals surface area (Å²) in [5.41, 5.74) is 1.81. The first-order valence-electron chi connectivity index (χ1n) is 11.3. The maximum atomic E-state index is 12.2. The van der Waals surface area contributed by atoms with Crippen molar-refractivity contribution in [1.82, 2.24) is 24.9 Å². The minimum atomic E-state index is -0.524. The van der Waals surface area contributed by atoms with Gasteiger partial charge < -0.3 is 10.1 Å². The van der Waals surface area contributed by atoms with Gasteiger partial charge in [0.2, 0.25) is 5.91 Å². The van der Waals surface area contributed by atoms with Crippen molar-refractivity contribution in [2.75, 3.05) is 7.11 Å². The van der Waals surface area contributed by atoms with Crippen LogP contribution in [0.5, 0.6) is 5.75 Å². The molecule has 1 amide bonds. The first-order chi connectivity index (χ1) is 17.8. The van der Waals surface area contributed by atoms with Crippen molar-refractivity contribution >= 4 is 17.3 Å². The van der Waals surface area contributed by atoms with Crippen LogP contribution in [0, 0.1) is 20.2 Å². The smallest absolute Gasteiger partial charge is 0.315 e. The molecule has 37 heavy (non-hydrogen) atoms. The van der Waals surface area contributed by atoms with E-state index in [1.165, 1.54) is 46.0 Å². The van der Waals surface area contributed by atoms with Gasteiger partial charge in [-0.2, -0.15) is 10.2 Å². The Kier molecular flexibility index (Phi) is 7.52. The van der Waals surface area contributed by atoms with E-state index in [0.717, 1.165) is 11.3 Å². The second-order valence-corrected chi connectivity index (χ2v) is 8.06. The Morgan fingerprint density at radius 3 is 2.41 bits per heavy atom. The van der Waals surface area contributed by atoms with Crippen LogP contribution >= 0.6 is 0 Å². The Hall–Kier alpha value is -5.07. The molecule has 0 unspecified atom stereocenters. The molecule has 13 heteroatoms. The Morgan fingerprint density at radius 1 is 1.03 bits per heavy atom. The van der Waals surface area contributed by atoms with Crippen molar-refractivity contribution < 1.29 is 19.4 Å². The highest BCUT2D eigenvalue weighted by atomic mass is 16.6. The van der Waals surface area contributed by atoms with Crippen LogP contribution in [-0.2, 0) is 17.9 Å². The maximum Gasteiger partial charge on any atom is 0.315 e. The van der Waals surface area contributed by atoms with Crippen LogP contribution in [-0.4, -0.2) is 42.4 Å². The number of methoxy groups -OCH3 is 1. The van der Waals surface area contributed by atoms with Gasteiger partial charge in [-0.15, -0.1) is 0 Å². The molecule has 4 rings (SSSR count). The summed E-state index contributed by atoms with van der Waals surface area (Å²) in [6.07, 6.45) is 5.00. The van der Waals surface area contributed by atoms with E-state index in [-0.39, 0.29) is 29.4 Å². The van der Waals surface area contributed by atoms with Crippen LogP contribution in [0.25, 0.3) is 16.9 Å². The van der Waals surface area contributed by atoms with Gasteiger partial charge in [0.05, 0.1) is 28.8 Å². The molecule has 0 atom stereocenters. The molecule has 0 aliphatic carbocycles. The number of aromatic nitrogens is 4. The molecule has 1 N–H and O–H groups in total. The van der Waals surface area contributed by atoms with Crippen molar-refractivity contribution in [2.24, 2.45) is 0 Å². The summed E-state index contributed by atoms with van der Waals surface area (Å²) < 4.78 is 8.00. The summed E-state index contributed by atoms with van der Waals surface area (Å²) in [5, 5.41) is 33.9. The van der Waals surface area contributed by atoms with Gasteiger partial charge in [0.1, 0.15) is 11.9 Å². The minimum Gasteiger partial charge on any atom is -0.497 e. The summed E-state index contributed by atoms with van der Waals surface area (Å²) in [7, 11) is 1.59. The molecular formula is C24H23N7O6. The van der Waals surface area contributed by atoms with E-state index in [2.05, 4.69) is 15.5 Å². The third-order valence-corrected chi connectivity index (χ3v) is 5.56. The predicted octanol–water partition coefficient (Wildman–Crippen LogP) is 3.66. The van der Waals surface area contributed by atoms with Gasteiger partial charge in [-0.1, -0.05) is 12.1 Å². The molecule has 2 aromatic heterocycles. The number of hydrogen-bond donors (Lipinski definition) is 1. The van der Waals surface area contributed by atoms with Gasteiger partial charge in [-0.3, -0.25) is 29.7 Å². The van der Waals surface area contributed by atoms with Crippen molar-refractivity contribution in [3.05, 3.63) is 92.9 Å². The third kappa shape index (κ3) is 6.14. The molecule has 0 fully saturated rings. The number of aryl methyl sites for hydroxylation is 1. The highest BCUT2D eigenvalue weighted by molar-refractivity contribution is 5.75. The van der Waals surface area contributed by atoms with E-state index in [1.807, 2.05) is 24.3 Å². The van der Waals surface area contributed by atoms with Crippen LogP contribution in [0.1, 0.15) is 18.4 Å². The monoisotopic (exact) mass is 505 g/mol. The van der Waals surface area contributed by atoms with Gasteiger partial charge in [-0.05, 0) is 36.2 Å². The number of hydrogen-bond acceptors (Lipinski definition) is 8. The molecule has 0 radical (unpaired) electrons. The average molecular weight is 505 g/mol. The Labute approximate surface area is 210 Å². The molecule has 2 heterocycles. The van der Waals surface area contributed by atoms with Gasteiger partial charge in [0.25, 0.3) is 5.69 Å². The fraction of sp³-hybridized carbons (Fsp3) is 0.208. The Balaban J connectivity index is 1.37. The van der Waals surface area contributed by atoms with Gasteiger partial charge in [-0.25, -0.2) is 4.68 Å². The Bertz CT molecular complexity index is 1410. The van der Waals surface area contributed by atoms with Crippen molar-refractivity contribution in [3.8, 4) is 22.7 Å². The lowest BCUT2D eigenvalue weighted by molar-refractivity contribution is -0.384. The average Bonchev–Trinajstić information content (AvgIpc) is 3.55. The minimum absolute atomic E-state index is 0.0556. The zero-order valence-corrected chi connectivity index (χ0v) is 19.8. The molecule has 190 valence electrons. The van der Waals surface area contributed by atoms with Crippen molar-refractivity contribution in [2.45, 2.75) is 25.9 Å². The van der Waals surface area contributed by atoms with Crippen LogP contribution in [0.4, 0.5) is 11.4 Å². The number of nitrogens with zero attached hydrogens (tertiary/aromatic N) is 6. The van der Waals surface area contributed by atoms with Crippen LogP contribution in [0.3, 0.4) is 0 Å². The molecule has 0 saturated carbocycles. The van der Waals surface area contributed by atoms with Crippen molar-refractivity contribution in [3.63, 3.8) is 0 Å². The van der Waals surface area contributed by atoms with Gasteiger partial charge in [0.15, 0.2) is 5.69 Å². The first kappa shape index (κ1) is 25.0. The molecule has 0 aliphatic rings. The molecule has 4 aromatic rings. The second-order valence-electron chi connectivity index (χ2n) is 8.06. The lowest BCUT2D eigenvalue weighted by Gasteiger charge is -2.06. The SMILES string of the molecule is COc1ccc(CNC(=O)CCCn2cc([N+](=O)[O-])c(-c3cnn(-c4ccc([N+](=O)[O-])cc4)c3)n2)cc1. The standard InChI is InChI=1S/C24H23N7O6/c1-37-21-10-4-17(5-11-21)13-25-23(32)3-2-12-28-16-22(31(35)36)24(27-28)18-14-26-29(15-18)19-6-8-20(9-7-19)30(33)34/h4-11,14-16H,2-3,12-13H2,1H3,(H,25,32). The summed E-state index contributed by atoms with van der Waals surface area (Å²) in [6.45, 7) is 0.701. The summed E-state index contributed by atoms with van der Waals surface area (Å²) >= 11 is 0. The summed E-state index contributed by atoms with van der Waals surface area (Å²) in [4.78, 5) is 33.6. The lowest BCUT2D eigenvalue weighted by Crippen LogP contribution is -2.22. The molecule has 0 bridgehead atoms. The number of nitrogens with one attached hydrogen (secondary N) is 1. The molecule has 2 aromatic carbocycles. The van der Waals surface area contributed by atoms with Crippen LogP contribution in [0.2, 0.25) is 0 Å². The largest absolute Gasteiger partial charge is 0.497 e. The normalized spacial score (nSPS) is 10.7. The summed E-state index contributed by atoms with van der Waals surface area (Å²) in [5.74, 6) is 0.600. The van der Waals surface area contributed by atoms with E-state index >= 15 is 0 Å². The summed E-state index contributed by atoms with van der Waals surface area (Å²) in [6, 6.07) is 13.1. The topological polar surface area (TPSA) is 160 Å². The fourth-order valence-electron chi connectivity index (χ4n) is 3.61. The third-order valence-electron chi connectivity index (χ3n) is 5.56. The highest BCUT2D eigenvalue weighted by Crippen LogP contribution is 2.29. The number of non-ortho nitro benzene ring substituents is 1. The van der Waals surface area contributed by atoms with Crippen LogP contribution < -0.4 is 10.1 Å². The second kappa shape index (κ2) is 11.1. The number of benzene rings is 2. The lowest BCUT2D eigenvalue weighted by atomic mass is 10.2. The highest BCUT2D eigenvalue weighted by Gasteiger charge is 2.22. The van der Waals surface area contributed by atoms with E-state index in [0.29, 0.717) is 30.8 Å². The molecule has 0 saturated heterocycles. The quantitative estimate of drug-likeness (QED) is 0.239. The number of carbonyl (C=O) groups excluding carboxylic acids is 1. The first-order valence-corrected chi connectivity index (χ1v) is 11.3. The molecule has 0 aliphatic heterocycles. The number of rotatable bonds is 11. The number of carbonyl (C=O) groups is 1.